The molecule has 1 atom stereocenters. The van der Waals surface area contributed by atoms with Crippen molar-refractivity contribution >= 4 is 12.2 Å². The smallest absolute Gasteiger partial charge is 0.410 e. The number of ether oxygens (including phenoxy) is 2. The standard InChI is InChI=1S/C21H30N2O4/c1-21(2,3)27-20(25)23-13-18(14-23)11-17-9-10-22(12-17)19(24)26-15-16-7-5-4-6-8-16/h4-8,17-18H,9-15H2,1-3H3/t17-/m1/s1. The lowest BCUT2D eigenvalue weighted by Crippen LogP contribution is -2.52. The van der Waals surface area contributed by atoms with Gasteiger partial charge >= 0.3 is 12.2 Å². The molecular formula is C21H30N2O4. The van der Waals surface area contributed by atoms with Crippen molar-refractivity contribution in [2.75, 3.05) is 26.2 Å². The van der Waals surface area contributed by atoms with E-state index in [1.165, 1.54) is 0 Å². The van der Waals surface area contributed by atoms with Crippen LogP contribution in [0.2, 0.25) is 0 Å². The predicted octanol–water partition coefficient (Wildman–Crippen LogP) is 3.90. The van der Waals surface area contributed by atoms with Gasteiger partial charge < -0.3 is 19.3 Å². The molecule has 0 N–H and O–H groups in total. The van der Waals surface area contributed by atoms with Gasteiger partial charge in [-0.05, 0) is 51.0 Å². The summed E-state index contributed by atoms with van der Waals surface area (Å²) in [6.07, 6.45) is 1.59. The number of carbonyl (C=O) groups is 2. The third-order valence-electron chi connectivity index (χ3n) is 5.02. The third kappa shape index (κ3) is 5.62. The Morgan fingerprint density at radius 2 is 1.67 bits per heavy atom. The summed E-state index contributed by atoms with van der Waals surface area (Å²) in [5, 5.41) is 0. The Morgan fingerprint density at radius 3 is 2.33 bits per heavy atom. The number of benzene rings is 1. The van der Waals surface area contributed by atoms with Gasteiger partial charge in [-0.1, -0.05) is 30.3 Å². The lowest BCUT2D eigenvalue weighted by molar-refractivity contribution is -0.00425. The second-order valence-electron chi connectivity index (χ2n) is 8.63. The third-order valence-corrected chi connectivity index (χ3v) is 5.02. The van der Waals surface area contributed by atoms with E-state index in [-0.39, 0.29) is 12.2 Å². The molecule has 0 spiro atoms. The van der Waals surface area contributed by atoms with Gasteiger partial charge in [0.05, 0.1) is 0 Å². The van der Waals surface area contributed by atoms with Crippen molar-refractivity contribution in [1.82, 2.24) is 9.80 Å². The number of amides is 2. The average molecular weight is 374 g/mol. The Balaban J connectivity index is 1.34. The van der Waals surface area contributed by atoms with Crippen LogP contribution in [0.15, 0.2) is 30.3 Å². The predicted molar refractivity (Wildman–Crippen MR) is 102 cm³/mol. The molecule has 6 heteroatoms. The maximum Gasteiger partial charge on any atom is 0.410 e. The molecule has 148 valence electrons. The highest BCUT2D eigenvalue weighted by Gasteiger charge is 2.37. The van der Waals surface area contributed by atoms with E-state index >= 15 is 0 Å². The van der Waals surface area contributed by atoms with Crippen LogP contribution < -0.4 is 0 Å². The molecule has 0 bridgehead atoms. The van der Waals surface area contributed by atoms with Crippen LogP contribution in [0.5, 0.6) is 0 Å². The van der Waals surface area contributed by atoms with Crippen LogP contribution in [0.1, 0.15) is 39.2 Å². The molecule has 2 heterocycles. The Labute approximate surface area is 161 Å². The largest absolute Gasteiger partial charge is 0.445 e. The summed E-state index contributed by atoms with van der Waals surface area (Å²) in [4.78, 5) is 27.8. The summed E-state index contributed by atoms with van der Waals surface area (Å²) < 4.78 is 10.8. The molecule has 1 aromatic rings. The molecular weight excluding hydrogens is 344 g/mol. The van der Waals surface area contributed by atoms with Crippen molar-refractivity contribution in [3.63, 3.8) is 0 Å². The van der Waals surface area contributed by atoms with Crippen molar-refractivity contribution in [3.05, 3.63) is 35.9 Å². The van der Waals surface area contributed by atoms with Crippen molar-refractivity contribution in [2.24, 2.45) is 11.8 Å². The molecule has 2 aliphatic rings. The first kappa shape index (κ1) is 19.5. The minimum absolute atomic E-state index is 0.226. The summed E-state index contributed by atoms with van der Waals surface area (Å²) in [5.74, 6) is 0.989. The zero-order valence-electron chi connectivity index (χ0n) is 16.5. The summed E-state index contributed by atoms with van der Waals surface area (Å²) in [7, 11) is 0. The van der Waals surface area contributed by atoms with Gasteiger partial charge in [0.15, 0.2) is 0 Å². The van der Waals surface area contributed by atoms with E-state index in [0.717, 1.165) is 44.6 Å². The molecule has 0 saturated carbocycles. The first-order valence-electron chi connectivity index (χ1n) is 9.74. The van der Waals surface area contributed by atoms with E-state index in [9.17, 15) is 9.59 Å². The topological polar surface area (TPSA) is 59.1 Å². The van der Waals surface area contributed by atoms with Gasteiger partial charge in [0, 0.05) is 26.2 Å². The van der Waals surface area contributed by atoms with E-state index < -0.39 is 5.60 Å². The van der Waals surface area contributed by atoms with Crippen LogP contribution in [-0.2, 0) is 16.1 Å². The van der Waals surface area contributed by atoms with Crippen LogP contribution in [0.3, 0.4) is 0 Å². The molecule has 0 radical (unpaired) electrons. The normalized spacial score (nSPS) is 20.3. The summed E-state index contributed by atoms with van der Waals surface area (Å²) in [6, 6.07) is 9.73. The number of rotatable bonds is 4. The van der Waals surface area contributed by atoms with Gasteiger partial charge in [0.1, 0.15) is 12.2 Å². The maximum absolute atomic E-state index is 12.2. The zero-order chi connectivity index (χ0) is 19.4. The highest BCUT2D eigenvalue weighted by Crippen LogP contribution is 2.30. The minimum atomic E-state index is -0.450. The number of hydrogen-bond acceptors (Lipinski definition) is 4. The maximum atomic E-state index is 12.2. The van der Waals surface area contributed by atoms with Crippen molar-refractivity contribution in [2.45, 2.75) is 45.8 Å². The fourth-order valence-corrected chi connectivity index (χ4v) is 3.67. The van der Waals surface area contributed by atoms with Crippen LogP contribution >= 0.6 is 0 Å². The fraction of sp³-hybridized carbons (Fsp3) is 0.619. The number of carbonyl (C=O) groups excluding carboxylic acids is 2. The van der Waals surface area contributed by atoms with Gasteiger partial charge in [-0.2, -0.15) is 0 Å². The second kappa shape index (κ2) is 8.19. The van der Waals surface area contributed by atoms with Crippen LogP contribution in [0, 0.1) is 11.8 Å². The van der Waals surface area contributed by atoms with E-state index in [4.69, 9.17) is 9.47 Å². The monoisotopic (exact) mass is 374 g/mol. The van der Waals surface area contributed by atoms with Gasteiger partial charge in [0.25, 0.3) is 0 Å². The molecule has 2 saturated heterocycles. The van der Waals surface area contributed by atoms with Crippen LogP contribution in [0.4, 0.5) is 9.59 Å². The Morgan fingerprint density at radius 1 is 1.00 bits per heavy atom. The lowest BCUT2D eigenvalue weighted by Gasteiger charge is -2.40. The fourth-order valence-electron chi connectivity index (χ4n) is 3.67. The SMILES string of the molecule is CC(C)(C)OC(=O)N1CC(C[C@H]2CCN(C(=O)OCc3ccccc3)C2)C1. The average Bonchev–Trinajstić information content (AvgIpc) is 3.03. The summed E-state index contributed by atoms with van der Waals surface area (Å²) in [5.41, 5.74) is 0.548. The van der Waals surface area contributed by atoms with Gasteiger partial charge in [0.2, 0.25) is 0 Å². The van der Waals surface area contributed by atoms with E-state index in [2.05, 4.69) is 0 Å². The Bertz CT molecular complexity index is 650. The van der Waals surface area contributed by atoms with E-state index in [1.807, 2.05) is 51.1 Å². The molecule has 27 heavy (non-hydrogen) atoms. The second-order valence-corrected chi connectivity index (χ2v) is 8.63. The number of nitrogens with zero attached hydrogens (tertiary/aromatic N) is 2. The molecule has 0 aromatic heterocycles. The molecule has 3 rings (SSSR count). The highest BCUT2D eigenvalue weighted by atomic mass is 16.6. The van der Waals surface area contributed by atoms with Gasteiger partial charge in [-0.3, -0.25) is 0 Å². The number of likely N-dealkylation sites (tertiary alicyclic amines) is 2. The van der Waals surface area contributed by atoms with E-state index in [1.54, 1.807) is 9.80 Å². The van der Waals surface area contributed by atoms with Gasteiger partial charge in [-0.25, -0.2) is 9.59 Å². The first-order chi connectivity index (χ1) is 12.8. The molecule has 6 nitrogen and oxygen atoms in total. The minimum Gasteiger partial charge on any atom is -0.445 e. The molecule has 2 fully saturated rings. The molecule has 1 aromatic carbocycles. The van der Waals surface area contributed by atoms with E-state index in [0.29, 0.717) is 18.4 Å². The number of hydrogen-bond donors (Lipinski definition) is 0. The molecule has 2 aliphatic heterocycles. The zero-order valence-corrected chi connectivity index (χ0v) is 16.5. The summed E-state index contributed by atoms with van der Waals surface area (Å²) >= 11 is 0. The van der Waals surface area contributed by atoms with Crippen molar-refractivity contribution < 1.29 is 19.1 Å². The van der Waals surface area contributed by atoms with Crippen molar-refractivity contribution in [3.8, 4) is 0 Å². The molecule has 0 aliphatic carbocycles. The van der Waals surface area contributed by atoms with Crippen LogP contribution in [0.25, 0.3) is 0 Å². The van der Waals surface area contributed by atoms with Crippen LogP contribution in [-0.4, -0.2) is 53.8 Å². The first-order valence-corrected chi connectivity index (χ1v) is 9.74. The van der Waals surface area contributed by atoms with Gasteiger partial charge in [-0.15, -0.1) is 0 Å². The molecule has 0 unspecified atom stereocenters. The Kier molecular flexibility index (Phi) is 5.92. The Hall–Kier alpha value is -2.24. The quantitative estimate of drug-likeness (QED) is 0.802. The molecule has 2 amide bonds. The summed E-state index contributed by atoms with van der Waals surface area (Å²) in [6.45, 7) is 8.96. The highest BCUT2D eigenvalue weighted by molar-refractivity contribution is 5.69. The lowest BCUT2D eigenvalue weighted by atomic mass is 9.88. The van der Waals surface area contributed by atoms with Crippen molar-refractivity contribution in [1.29, 1.82) is 0 Å².